The first-order valence-corrected chi connectivity index (χ1v) is 10.0. The summed E-state index contributed by atoms with van der Waals surface area (Å²) in [4.78, 5) is 20.2. The van der Waals surface area contributed by atoms with Gasteiger partial charge in [0.25, 0.3) is 5.91 Å². The number of hydrogen-bond acceptors (Lipinski definition) is 4. The van der Waals surface area contributed by atoms with Crippen molar-refractivity contribution in [1.29, 1.82) is 0 Å². The van der Waals surface area contributed by atoms with Gasteiger partial charge in [-0.05, 0) is 19.1 Å². The molecule has 0 aliphatic carbocycles. The molecule has 0 spiro atoms. The number of benzene rings is 1. The Hall–Kier alpha value is -3.15. The molecule has 3 heterocycles. The fourth-order valence-corrected chi connectivity index (χ4v) is 3.71. The normalized spacial score (nSPS) is 15.9. The van der Waals surface area contributed by atoms with Gasteiger partial charge in [0.2, 0.25) is 0 Å². The molecule has 0 saturated carbocycles. The average Bonchev–Trinajstić information content (AvgIpc) is 3.17. The van der Waals surface area contributed by atoms with Crippen LogP contribution < -0.4 is 0 Å². The van der Waals surface area contributed by atoms with Crippen LogP contribution in [-0.2, 0) is 12.5 Å². The largest absolute Gasteiger partial charge is 0.459 e. The maximum Gasteiger partial charge on any atom is 0.459 e. The average molecular weight is 471 g/mol. The SMILES string of the molecule is Cc1cc(C(F)(F)C(F)(F)F)n2nc(C(=O)N3CCN(Cc4ccccc4F)CC3)cc2n1. The molecule has 6 nitrogen and oxygen atoms in total. The summed E-state index contributed by atoms with van der Waals surface area (Å²) in [7, 11) is 0. The van der Waals surface area contributed by atoms with E-state index in [0.29, 0.717) is 35.8 Å². The minimum Gasteiger partial charge on any atom is -0.335 e. The van der Waals surface area contributed by atoms with Crippen LogP contribution >= 0.6 is 0 Å². The maximum absolute atomic E-state index is 14.0. The van der Waals surface area contributed by atoms with Crippen LogP contribution in [0.1, 0.15) is 27.4 Å². The Morgan fingerprint density at radius 1 is 1.03 bits per heavy atom. The lowest BCUT2D eigenvalue weighted by Gasteiger charge is -2.34. The van der Waals surface area contributed by atoms with Crippen molar-refractivity contribution in [2.24, 2.45) is 0 Å². The Bertz CT molecular complexity index is 1180. The quantitative estimate of drug-likeness (QED) is 0.544. The maximum atomic E-state index is 14.0. The standard InChI is InChI=1S/C21H19F6N5O/c1-13-10-17(20(23,24)21(25,26)27)32-18(28-13)11-16(29-32)19(33)31-8-6-30(7-9-31)12-14-4-2-3-5-15(14)22/h2-5,10-11H,6-9,12H2,1H3. The van der Waals surface area contributed by atoms with Crippen molar-refractivity contribution in [3.63, 3.8) is 0 Å². The third-order valence-corrected chi connectivity index (χ3v) is 5.46. The molecule has 2 aromatic heterocycles. The molecule has 4 rings (SSSR count). The first-order chi connectivity index (χ1) is 15.5. The zero-order valence-corrected chi connectivity index (χ0v) is 17.4. The summed E-state index contributed by atoms with van der Waals surface area (Å²) in [5.41, 5.74) is -1.52. The molecular formula is C21H19F6N5O. The highest BCUT2D eigenvalue weighted by molar-refractivity contribution is 5.93. The number of rotatable bonds is 4. The van der Waals surface area contributed by atoms with Crippen molar-refractivity contribution in [2.45, 2.75) is 25.6 Å². The number of piperazine rings is 1. The summed E-state index contributed by atoms with van der Waals surface area (Å²) >= 11 is 0. The van der Waals surface area contributed by atoms with Crippen LogP contribution in [0.5, 0.6) is 0 Å². The van der Waals surface area contributed by atoms with E-state index in [4.69, 9.17) is 0 Å². The molecule has 176 valence electrons. The van der Waals surface area contributed by atoms with Crippen LogP contribution in [0.2, 0.25) is 0 Å². The molecule has 1 aromatic carbocycles. The molecule has 1 amide bonds. The number of alkyl halides is 5. The Kier molecular flexibility index (Phi) is 5.81. The van der Waals surface area contributed by atoms with Crippen LogP contribution in [0, 0.1) is 12.7 Å². The molecule has 33 heavy (non-hydrogen) atoms. The highest BCUT2D eigenvalue weighted by atomic mass is 19.4. The minimum absolute atomic E-state index is 0.0675. The van der Waals surface area contributed by atoms with E-state index >= 15 is 0 Å². The van der Waals surface area contributed by atoms with E-state index in [2.05, 4.69) is 10.1 Å². The number of fused-ring (bicyclic) bond motifs is 1. The fourth-order valence-electron chi connectivity index (χ4n) is 3.71. The molecule has 3 aromatic rings. The third kappa shape index (κ3) is 4.39. The first-order valence-electron chi connectivity index (χ1n) is 10.0. The highest BCUT2D eigenvalue weighted by Crippen LogP contribution is 2.43. The molecule has 1 aliphatic rings. The monoisotopic (exact) mass is 471 g/mol. The number of aromatic nitrogens is 3. The molecule has 1 aliphatic heterocycles. The molecule has 0 unspecified atom stereocenters. The molecule has 12 heteroatoms. The van der Waals surface area contributed by atoms with E-state index in [-0.39, 0.29) is 35.9 Å². The Balaban J connectivity index is 1.52. The number of carbonyl (C=O) groups excluding carboxylic acids is 1. The Labute approximate surface area is 184 Å². The molecular weight excluding hydrogens is 452 g/mol. The smallest absolute Gasteiger partial charge is 0.335 e. The number of carbonyl (C=O) groups is 1. The summed E-state index contributed by atoms with van der Waals surface area (Å²) in [5, 5.41) is 3.73. The van der Waals surface area contributed by atoms with Gasteiger partial charge in [-0.1, -0.05) is 18.2 Å². The summed E-state index contributed by atoms with van der Waals surface area (Å²) in [6, 6.07) is 8.06. The summed E-state index contributed by atoms with van der Waals surface area (Å²) in [5.74, 6) is -6.11. The van der Waals surface area contributed by atoms with Gasteiger partial charge in [0.1, 0.15) is 11.5 Å². The van der Waals surface area contributed by atoms with Gasteiger partial charge in [-0.3, -0.25) is 9.69 Å². The number of nitrogens with zero attached hydrogens (tertiary/aromatic N) is 5. The number of halogens is 6. The van der Waals surface area contributed by atoms with E-state index < -0.39 is 23.7 Å². The summed E-state index contributed by atoms with van der Waals surface area (Å²) < 4.78 is 81.1. The van der Waals surface area contributed by atoms with Crippen molar-refractivity contribution in [3.05, 3.63) is 64.9 Å². The van der Waals surface area contributed by atoms with Gasteiger partial charge in [0.05, 0.1) is 0 Å². The Morgan fingerprint density at radius 3 is 2.33 bits per heavy atom. The van der Waals surface area contributed by atoms with Gasteiger partial charge < -0.3 is 4.90 Å². The summed E-state index contributed by atoms with van der Waals surface area (Å²) in [6.07, 6.45) is -5.83. The van der Waals surface area contributed by atoms with Gasteiger partial charge >= 0.3 is 12.1 Å². The van der Waals surface area contributed by atoms with Crippen molar-refractivity contribution < 1.29 is 31.1 Å². The van der Waals surface area contributed by atoms with Gasteiger partial charge in [-0.2, -0.15) is 27.1 Å². The number of aryl methyl sites for hydroxylation is 1. The lowest BCUT2D eigenvalue weighted by molar-refractivity contribution is -0.291. The van der Waals surface area contributed by atoms with Crippen LogP contribution in [0.4, 0.5) is 26.3 Å². The summed E-state index contributed by atoms with van der Waals surface area (Å²) in [6.45, 7) is 3.03. The second-order valence-corrected chi connectivity index (χ2v) is 7.81. The van der Waals surface area contributed by atoms with E-state index in [9.17, 15) is 31.1 Å². The third-order valence-electron chi connectivity index (χ3n) is 5.46. The zero-order chi connectivity index (χ0) is 24.0. The van der Waals surface area contributed by atoms with E-state index in [0.717, 1.165) is 6.07 Å². The van der Waals surface area contributed by atoms with Crippen molar-refractivity contribution in [3.8, 4) is 0 Å². The van der Waals surface area contributed by atoms with Crippen molar-refractivity contribution in [2.75, 3.05) is 26.2 Å². The predicted octanol–water partition coefficient (Wildman–Crippen LogP) is 3.79. The van der Waals surface area contributed by atoms with E-state index in [1.54, 1.807) is 18.2 Å². The van der Waals surface area contributed by atoms with Crippen molar-refractivity contribution in [1.82, 2.24) is 24.4 Å². The Morgan fingerprint density at radius 2 is 1.70 bits per heavy atom. The van der Waals surface area contributed by atoms with Crippen LogP contribution in [0.15, 0.2) is 36.4 Å². The molecule has 0 atom stereocenters. The van der Waals surface area contributed by atoms with Gasteiger partial charge in [0, 0.05) is 50.0 Å². The number of hydrogen-bond donors (Lipinski definition) is 0. The van der Waals surface area contributed by atoms with Gasteiger partial charge in [-0.25, -0.2) is 13.9 Å². The van der Waals surface area contributed by atoms with E-state index in [1.807, 2.05) is 4.90 Å². The fraction of sp³-hybridized carbons (Fsp3) is 0.381. The van der Waals surface area contributed by atoms with Gasteiger partial charge in [-0.15, -0.1) is 0 Å². The van der Waals surface area contributed by atoms with Crippen molar-refractivity contribution >= 4 is 11.6 Å². The van der Waals surface area contributed by atoms with E-state index in [1.165, 1.54) is 17.9 Å². The lowest BCUT2D eigenvalue weighted by atomic mass is 10.2. The highest BCUT2D eigenvalue weighted by Gasteiger charge is 2.60. The van der Waals surface area contributed by atoms with Crippen LogP contribution in [0.3, 0.4) is 0 Å². The minimum atomic E-state index is -5.83. The predicted molar refractivity (Wildman–Crippen MR) is 105 cm³/mol. The topological polar surface area (TPSA) is 53.7 Å². The molecule has 1 saturated heterocycles. The van der Waals surface area contributed by atoms with Gasteiger partial charge in [0.15, 0.2) is 11.3 Å². The van der Waals surface area contributed by atoms with Crippen LogP contribution in [-0.4, -0.2) is 62.7 Å². The number of amides is 1. The molecule has 0 radical (unpaired) electrons. The molecule has 1 fully saturated rings. The van der Waals surface area contributed by atoms with Crippen LogP contribution in [0.25, 0.3) is 5.65 Å². The zero-order valence-electron chi connectivity index (χ0n) is 17.4. The second-order valence-electron chi connectivity index (χ2n) is 7.81. The first kappa shape index (κ1) is 23.0. The molecule has 0 N–H and O–H groups in total. The molecule has 0 bridgehead atoms. The second kappa shape index (κ2) is 8.32. The lowest BCUT2D eigenvalue weighted by Crippen LogP contribution is -2.48.